The summed E-state index contributed by atoms with van der Waals surface area (Å²) in [6.07, 6.45) is 2.11. The van der Waals surface area contributed by atoms with Crippen LogP contribution < -0.4 is 25.7 Å². The van der Waals surface area contributed by atoms with E-state index < -0.39 is 0 Å². The number of methoxy groups -OCH3 is 3. The van der Waals surface area contributed by atoms with Crippen LogP contribution in [0.1, 0.15) is 11.3 Å². The van der Waals surface area contributed by atoms with Gasteiger partial charge in [-0.15, -0.1) is 0 Å². The molecule has 0 amide bonds. The zero-order valence-corrected chi connectivity index (χ0v) is 14.1. The largest absolute Gasteiger partial charge is 0.493 e. The normalized spacial score (nSPS) is 10.7. The Hall–Kier alpha value is -3.36. The predicted molar refractivity (Wildman–Crippen MR) is 92.9 cm³/mol. The van der Waals surface area contributed by atoms with E-state index in [4.69, 9.17) is 25.7 Å². The van der Waals surface area contributed by atoms with Gasteiger partial charge in [0.15, 0.2) is 28.5 Å². The third kappa shape index (κ3) is 3.16. The lowest BCUT2D eigenvalue weighted by Gasteiger charge is -2.14. The van der Waals surface area contributed by atoms with E-state index in [1.807, 2.05) is 12.1 Å². The van der Waals surface area contributed by atoms with Crippen molar-refractivity contribution in [1.82, 2.24) is 19.9 Å². The molecule has 0 bridgehead atoms. The maximum absolute atomic E-state index is 5.86. The van der Waals surface area contributed by atoms with E-state index in [2.05, 4.69) is 19.9 Å². The summed E-state index contributed by atoms with van der Waals surface area (Å²) in [6.45, 7) is 0. The maximum Gasteiger partial charge on any atom is 0.224 e. The zero-order valence-electron chi connectivity index (χ0n) is 14.1. The van der Waals surface area contributed by atoms with Gasteiger partial charge >= 0.3 is 0 Å². The van der Waals surface area contributed by atoms with Crippen molar-refractivity contribution >= 4 is 22.9 Å². The van der Waals surface area contributed by atoms with Crippen molar-refractivity contribution in [3.63, 3.8) is 0 Å². The van der Waals surface area contributed by atoms with Crippen LogP contribution in [-0.4, -0.2) is 41.3 Å². The number of rotatable bonds is 5. The van der Waals surface area contributed by atoms with Crippen LogP contribution in [0.4, 0.5) is 11.8 Å². The third-order valence-electron chi connectivity index (χ3n) is 3.61. The summed E-state index contributed by atoms with van der Waals surface area (Å²) in [5.74, 6) is 1.94. The van der Waals surface area contributed by atoms with E-state index in [-0.39, 0.29) is 11.8 Å². The number of ether oxygens (including phenoxy) is 3. The van der Waals surface area contributed by atoms with Gasteiger partial charge in [0.25, 0.3) is 0 Å². The molecular formula is C16H18N6O3. The fraction of sp³-hybridized carbons (Fsp3) is 0.250. The molecule has 0 saturated heterocycles. The monoisotopic (exact) mass is 342 g/mol. The minimum Gasteiger partial charge on any atom is -0.493 e. The van der Waals surface area contributed by atoms with Crippen LogP contribution in [0.15, 0.2) is 18.3 Å². The molecule has 3 rings (SSSR count). The van der Waals surface area contributed by atoms with Crippen LogP contribution in [0, 0.1) is 0 Å². The van der Waals surface area contributed by atoms with Crippen LogP contribution in [0.25, 0.3) is 11.2 Å². The highest BCUT2D eigenvalue weighted by Gasteiger charge is 2.14. The van der Waals surface area contributed by atoms with Crippen molar-refractivity contribution in [1.29, 1.82) is 0 Å². The van der Waals surface area contributed by atoms with Gasteiger partial charge in [-0.3, -0.25) is 0 Å². The lowest BCUT2D eigenvalue weighted by molar-refractivity contribution is 0.324. The highest BCUT2D eigenvalue weighted by molar-refractivity contribution is 5.81. The number of anilines is 2. The number of fused-ring (bicyclic) bond motifs is 1. The minimum atomic E-state index is 0.0664. The van der Waals surface area contributed by atoms with Gasteiger partial charge in [-0.05, 0) is 17.7 Å². The first-order valence-electron chi connectivity index (χ1n) is 7.39. The molecule has 0 atom stereocenters. The Balaban J connectivity index is 2.01. The van der Waals surface area contributed by atoms with Crippen LogP contribution in [0.2, 0.25) is 0 Å². The van der Waals surface area contributed by atoms with Gasteiger partial charge < -0.3 is 25.7 Å². The molecule has 3 aromatic rings. The highest BCUT2D eigenvalue weighted by atomic mass is 16.5. The second kappa shape index (κ2) is 6.63. The Bertz CT molecular complexity index is 906. The predicted octanol–water partition coefficient (Wildman–Crippen LogP) is 1.20. The van der Waals surface area contributed by atoms with E-state index in [0.717, 1.165) is 5.56 Å². The molecule has 0 aliphatic carbocycles. The molecule has 4 N–H and O–H groups in total. The fourth-order valence-electron chi connectivity index (χ4n) is 2.51. The number of nitrogens with zero attached hydrogens (tertiary/aromatic N) is 4. The average Bonchev–Trinajstić information content (AvgIpc) is 2.61. The summed E-state index contributed by atoms with van der Waals surface area (Å²) in [6, 6.07) is 3.71. The van der Waals surface area contributed by atoms with E-state index in [1.54, 1.807) is 27.5 Å². The van der Waals surface area contributed by atoms with Crippen LogP contribution in [0.5, 0.6) is 17.2 Å². The van der Waals surface area contributed by atoms with Crippen molar-refractivity contribution in [3.05, 3.63) is 29.6 Å². The van der Waals surface area contributed by atoms with Gasteiger partial charge in [-0.25, -0.2) is 9.97 Å². The number of benzene rings is 1. The molecule has 0 aliphatic heterocycles. The molecule has 130 valence electrons. The fourth-order valence-corrected chi connectivity index (χ4v) is 2.51. The van der Waals surface area contributed by atoms with Crippen molar-refractivity contribution in [2.45, 2.75) is 6.42 Å². The molecule has 2 heterocycles. The van der Waals surface area contributed by atoms with E-state index in [1.165, 1.54) is 0 Å². The molecule has 0 unspecified atom stereocenters. The second-order valence-corrected chi connectivity index (χ2v) is 5.21. The SMILES string of the molecule is COc1cc(Cc2cnc3nc(N)nc(N)c3n2)cc(OC)c1OC. The van der Waals surface area contributed by atoms with Gasteiger partial charge in [0, 0.05) is 6.42 Å². The summed E-state index contributed by atoms with van der Waals surface area (Å²) in [5, 5.41) is 0. The Morgan fingerprint density at radius 2 is 1.60 bits per heavy atom. The summed E-state index contributed by atoms with van der Waals surface area (Å²) in [4.78, 5) is 16.7. The number of aromatic nitrogens is 4. The molecule has 1 aromatic carbocycles. The molecule has 0 fully saturated rings. The molecule has 0 radical (unpaired) electrons. The average molecular weight is 342 g/mol. The zero-order chi connectivity index (χ0) is 18.0. The van der Waals surface area contributed by atoms with Gasteiger partial charge in [0.05, 0.1) is 33.2 Å². The standard InChI is InChI=1S/C16H18N6O3/c1-23-10-5-8(6-11(24-2)13(10)25-3)4-9-7-19-15-12(20-9)14(17)21-16(18)22-15/h5-7H,4H2,1-3H3,(H4,17,18,19,21,22). The van der Waals surface area contributed by atoms with Crippen molar-refractivity contribution in [3.8, 4) is 17.2 Å². The summed E-state index contributed by atoms with van der Waals surface area (Å²) < 4.78 is 16.1. The lowest BCUT2D eigenvalue weighted by Crippen LogP contribution is -2.05. The van der Waals surface area contributed by atoms with E-state index in [0.29, 0.717) is 40.5 Å². The van der Waals surface area contributed by atoms with Crippen molar-refractivity contribution < 1.29 is 14.2 Å². The first-order chi connectivity index (χ1) is 12.0. The molecular weight excluding hydrogens is 324 g/mol. The number of nitrogens with two attached hydrogens (primary N) is 2. The van der Waals surface area contributed by atoms with Gasteiger partial charge in [-0.1, -0.05) is 0 Å². The summed E-state index contributed by atoms with van der Waals surface area (Å²) in [7, 11) is 4.70. The van der Waals surface area contributed by atoms with Gasteiger partial charge in [0.2, 0.25) is 11.7 Å². The van der Waals surface area contributed by atoms with Crippen LogP contribution in [-0.2, 0) is 6.42 Å². The second-order valence-electron chi connectivity index (χ2n) is 5.21. The van der Waals surface area contributed by atoms with Crippen LogP contribution >= 0.6 is 0 Å². The molecule has 2 aromatic heterocycles. The highest BCUT2D eigenvalue weighted by Crippen LogP contribution is 2.38. The van der Waals surface area contributed by atoms with Crippen molar-refractivity contribution in [2.24, 2.45) is 0 Å². The first-order valence-corrected chi connectivity index (χ1v) is 7.39. The molecule has 25 heavy (non-hydrogen) atoms. The molecule has 9 nitrogen and oxygen atoms in total. The topological polar surface area (TPSA) is 131 Å². The lowest BCUT2D eigenvalue weighted by atomic mass is 10.1. The first kappa shape index (κ1) is 16.5. The van der Waals surface area contributed by atoms with E-state index in [9.17, 15) is 0 Å². The number of nitrogen functional groups attached to an aromatic ring is 2. The molecule has 0 aliphatic rings. The minimum absolute atomic E-state index is 0.0664. The summed E-state index contributed by atoms with van der Waals surface area (Å²) >= 11 is 0. The van der Waals surface area contributed by atoms with Gasteiger partial charge in [0.1, 0.15) is 0 Å². The van der Waals surface area contributed by atoms with E-state index >= 15 is 0 Å². The summed E-state index contributed by atoms with van der Waals surface area (Å²) in [5.41, 5.74) is 13.8. The molecule has 9 heteroatoms. The Morgan fingerprint density at radius 3 is 2.20 bits per heavy atom. The molecule has 0 spiro atoms. The Morgan fingerprint density at radius 1 is 0.920 bits per heavy atom. The quantitative estimate of drug-likeness (QED) is 0.702. The van der Waals surface area contributed by atoms with Gasteiger partial charge in [-0.2, -0.15) is 9.97 Å². The maximum atomic E-state index is 5.86. The smallest absolute Gasteiger partial charge is 0.224 e. The van der Waals surface area contributed by atoms with Crippen LogP contribution in [0.3, 0.4) is 0 Å². The third-order valence-corrected chi connectivity index (χ3v) is 3.61. The Labute approximate surface area is 144 Å². The number of hydrogen-bond donors (Lipinski definition) is 2. The number of hydrogen-bond acceptors (Lipinski definition) is 9. The Kier molecular flexibility index (Phi) is 4.38. The van der Waals surface area contributed by atoms with Crippen molar-refractivity contribution in [2.75, 3.05) is 32.8 Å². The molecule has 0 saturated carbocycles.